The molecule has 0 aromatic carbocycles. The number of carbonyl (C=O) groups is 1. The van der Waals surface area contributed by atoms with E-state index in [9.17, 15) is 9.90 Å². The number of anilines is 1. The number of carbonyl (C=O) groups excluding carboxylic acids is 1. The van der Waals surface area contributed by atoms with Crippen LogP contribution in [0.2, 0.25) is 5.02 Å². The van der Waals surface area contributed by atoms with Crippen molar-refractivity contribution in [3.05, 3.63) is 41.8 Å². The van der Waals surface area contributed by atoms with Crippen LogP contribution >= 0.6 is 11.6 Å². The van der Waals surface area contributed by atoms with Gasteiger partial charge in [-0.3, -0.25) is 9.78 Å². The van der Waals surface area contributed by atoms with E-state index >= 15 is 0 Å². The third-order valence-electron chi connectivity index (χ3n) is 7.35. The Bertz CT molecular complexity index is 948. The molecule has 164 valence electrons. The third kappa shape index (κ3) is 3.92. The topological polar surface area (TPSA) is 69.6 Å². The van der Waals surface area contributed by atoms with Crippen LogP contribution in [-0.4, -0.2) is 57.7 Å². The van der Waals surface area contributed by atoms with Crippen LogP contribution in [0, 0.1) is 5.41 Å². The summed E-state index contributed by atoms with van der Waals surface area (Å²) in [4.78, 5) is 26.7. The Hall–Kier alpha value is -2.18. The first kappa shape index (κ1) is 20.7. The zero-order valence-corrected chi connectivity index (χ0v) is 18.5. The lowest BCUT2D eigenvalue weighted by atomic mass is 9.78. The van der Waals surface area contributed by atoms with Crippen molar-refractivity contribution in [1.82, 2.24) is 14.9 Å². The van der Waals surface area contributed by atoms with Crippen molar-refractivity contribution in [3.63, 3.8) is 0 Å². The molecule has 4 heterocycles. The van der Waals surface area contributed by atoms with E-state index in [1.807, 2.05) is 24.4 Å². The summed E-state index contributed by atoms with van der Waals surface area (Å²) in [6, 6.07) is 6.12. The predicted octanol–water partition coefficient (Wildman–Crippen LogP) is 3.92. The number of aliphatic hydroxyl groups excluding tert-OH is 1. The third-order valence-corrected chi connectivity index (χ3v) is 7.62. The number of piperidine rings is 1. The molecule has 6 nitrogen and oxygen atoms in total. The standard InChI is InChI=1S/C24H29ClN4O2/c25-21-13-18(17-3-1-10-26-14-17)15-27-22(21)28-11-2-8-24(16-28)9-12-29(23(24)31)19-4-6-20(30)7-5-19/h1,3,10,13-15,19-20,30H,2,4-9,11-12,16H2/t19?,20?,24-/m0/s1. The smallest absolute Gasteiger partial charge is 0.230 e. The van der Waals surface area contributed by atoms with E-state index in [-0.39, 0.29) is 17.6 Å². The van der Waals surface area contributed by atoms with Crippen molar-refractivity contribution >= 4 is 23.3 Å². The van der Waals surface area contributed by atoms with Gasteiger partial charge in [0.05, 0.1) is 16.5 Å². The molecule has 31 heavy (non-hydrogen) atoms. The molecule has 1 amide bonds. The molecule has 0 radical (unpaired) electrons. The van der Waals surface area contributed by atoms with Crippen molar-refractivity contribution in [2.24, 2.45) is 5.41 Å². The number of hydrogen-bond acceptors (Lipinski definition) is 5. The number of pyridine rings is 2. The van der Waals surface area contributed by atoms with Gasteiger partial charge in [0, 0.05) is 55.4 Å². The predicted molar refractivity (Wildman–Crippen MR) is 121 cm³/mol. The lowest BCUT2D eigenvalue weighted by molar-refractivity contribution is -0.139. The summed E-state index contributed by atoms with van der Waals surface area (Å²) in [5.41, 5.74) is 1.59. The fraction of sp³-hybridized carbons (Fsp3) is 0.542. The second-order valence-electron chi connectivity index (χ2n) is 9.29. The Morgan fingerprint density at radius 1 is 1.10 bits per heavy atom. The van der Waals surface area contributed by atoms with Gasteiger partial charge in [-0.25, -0.2) is 4.98 Å². The van der Waals surface area contributed by atoms with Crippen molar-refractivity contribution in [3.8, 4) is 11.1 Å². The summed E-state index contributed by atoms with van der Waals surface area (Å²) in [5, 5.41) is 10.4. The summed E-state index contributed by atoms with van der Waals surface area (Å²) in [6.45, 7) is 2.37. The van der Waals surface area contributed by atoms with E-state index in [2.05, 4.69) is 19.8 Å². The Morgan fingerprint density at radius 2 is 1.94 bits per heavy atom. The van der Waals surface area contributed by atoms with Gasteiger partial charge in [-0.1, -0.05) is 17.7 Å². The number of hydrogen-bond donors (Lipinski definition) is 1. The number of aromatic nitrogens is 2. The minimum absolute atomic E-state index is 0.198. The van der Waals surface area contributed by atoms with E-state index in [0.717, 1.165) is 75.0 Å². The molecule has 2 aromatic rings. The second kappa shape index (κ2) is 8.40. The molecule has 2 aliphatic heterocycles. The zero-order valence-electron chi connectivity index (χ0n) is 17.7. The maximum atomic E-state index is 13.5. The van der Waals surface area contributed by atoms with Crippen molar-refractivity contribution in [2.75, 3.05) is 24.5 Å². The summed E-state index contributed by atoms with van der Waals surface area (Å²) < 4.78 is 0. The molecule has 3 fully saturated rings. The molecule has 5 rings (SSSR count). The van der Waals surface area contributed by atoms with E-state index in [1.165, 1.54) is 0 Å². The molecule has 0 bridgehead atoms. The average Bonchev–Trinajstić information content (AvgIpc) is 3.10. The first-order valence-electron chi connectivity index (χ1n) is 11.4. The maximum Gasteiger partial charge on any atom is 0.230 e. The van der Waals surface area contributed by atoms with Crippen LogP contribution in [0.3, 0.4) is 0 Å². The SMILES string of the molecule is O=C1N(C2CCC(O)CC2)CC[C@]12CCCN(c1ncc(-c3cccnc3)cc1Cl)C2. The summed E-state index contributed by atoms with van der Waals surface area (Å²) in [5.74, 6) is 1.06. The van der Waals surface area contributed by atoms with Gasteiger partial charge in [-0.15, -0.1) is 0 Å². The molecule has 2 saturated heterocycles. The normalized spacial score (nSPS) is 29.0. The molecule has 7 heteroatoms. The highest BCUT2D eigenvalue weighted by atomic mass is 35.5. The Morgan fingerprint density at radius 3 is 2.68 bits per heavy atom. The van der Waals surface area contributed by atoms with Crippen LogP contribution in [0.4, 0.5) is 5.82 Å². The monoisotopic (exact) mass is 440 g/mol. The Kier molecular flexibility index (Phi) is 5.61. The molecule has 2 aromatic heterocycles. The van der Waals surface area contributed by atoms with E-state index in [4.69, 9.17) is 11.6 Å². The molecule has 1 spiro atoms. The number of likely N-dealkylation sites (tertiary alicyclic amines) is 1. The highest BCUT2D eigenvalue weighted by molar-refractivity contribution is 6.33. The largest absolute Gasteiger partial charge is 0.393 e. The van der Waals surface area contributed by atoms with Gasteiger partial charge in [0.2, 0.25) is 5.91 Å². The fourth-order valence-electron chi connectivity index (χ4n) is 5.61. The molecule has 1 N–H and O–H groups in total. The molecular weight excluding hydrogens is 412 g/mol. The Labute approximate surface area is 188 Å². The van der Waals surface area contributed by atoms with Gasteiger partial charge in [0.25, 0.3) is 0 Å². The summed E-state index contributed by atoms with van der Waals surface area (Å²) in [6.07, 6.45) is 11.4. The van der Waals surface area contributed by atoms with Crippen LogP contribution in [-0.2, 0) is 4.79 Å². The molecule has 1 aliphatic carbocycles. The molecular formula is C24H29ClN4O2. The second-order valence-corrected chi connectivity index (χ2v) is 9.69. The zero-order chi connectivity index (χ0) is 21.4. The van der Waals surface area contributed by atoms with Crippen molar-refractivity contribution < 1.29 is 9.90 Å². The van der Waals surface area contributed by atoms with E-state index in [0.29, 0.717) is 17.5 Å². The van der Waals surface area contributed by atoms with Crippen LogP contribution in [0.25, 0.3) is 11.1 Å². The number of amides is 1. The van der Waals surface area contributed by atoms with Gasteiger partial charge >= 0.3 is 0 Å². The fourth-order valence-corrected chi connectivity index (χ4v) is 5.90. The van der Waals surface area contributed by atoms with E-state index < -0.39 is 0 Å². The molecule has 3 aliphatic rings. The number of aliphatic hydroxyl groups is 1. The van der Waals surface area contributed by atoms with Crippen molar-refractivity contribution in [2.45, 2.75) is 57.1 Å². The first-order chi connectivity index (χ1) is 15.1. The summed E-state index contributed by atoms with van der Waals surface area (Å²) >= 11 is 6.66. The molecule has 0 unspecified atom stereocenters. The number of halogens is 1. The Balaban J connectivity index is 1.33. The van der Waals surface area contributed by atoms with Gasteiger partial charge in [0.15, 0.2) is 0 Å². The highest BCUT2D eigenvalue weighted by Gasteiger charge is 2.51. The van der Waals surface area contributed by atoms with Gasteiger partial charge in [-0.05, 0) is 57.1 Å². The minimum atomic E-state index is -0.332. The first-order valence-corrected chi connectivity index (χ1v) is 11.7. The maximum absolute atomic E-state index is 13.5. The lowest BCUT2D eigenvalue weighted by Crippen LogP contribution is -2.50. The van der Waals surface area contributed by atoms with Crippen LogP contribution < -0.4 is 4.90 Å². The lowest BCUT2D eigenvalue weighted by Gasteiger charge is -2.41. The van der Waals surface area contributed by atoms with Crippen molar-refractivity contribution in [1.29, 1.82) is 0 Å². The van der Waals surface area contributed by atoms with Crippen LogP contribution in [0.1, 0.15) is 44.9 Å². The van der Waals surface area contributed by atoms with Crippen LogP contribution in [0.15, 0.2) is 36.8 Å². The number of nitrogens with zero attached hydrogens (tertiary/aromatic N) is 4. The van der Waals surface area contributed by atoms with Gasteiger partial charge in [-0.2, -0.15) is 0 Å². The van der Waals surface area contributed by atoms with E-state index in [1.54, 1.807) is 12.4 Å². The highest BCUT2D eigenvalue weighted by Crippen LogP contribution is 2.44. The average molecular weight is 441 g/mol. The quantitative estimate of drug-likeness (QED) is 0.783. The minimum Gasteiger partial charge on any atom is -0.393 e. The number of rotatable bonds is 3. The van der Waals surface area contributed by atoms with Gasteiger partial charge in [0.1, 0.15) is 5.82 Å². The molecule has 1 saturated carbocycles. The van der Waals surface area contributed by atoms with Crippen LogP contribution in [0.5, 0.6) is 0 Å². The molecule has 1 atom stereocenters. The van der Waals surface area contributed by atoms with Gasteiger partial charge < -0.3 is 14.9 Å². The summed E-state index contributed by atoms with van der Waals surface area (Å²) in [7, 11) is 0.